The third-order valence-electron chi connectivity index (χ3n) is 6.40. The highest BCUT2D eigenvalue weighted by Crippen LogP contribution is 2.38. The second-order valence-corrected chi connectivity index (χ2v) is 8.82. The fraction of sp³-hybridized carbons (Fsp3) is 0.231. The number of nitrogen functional groups attached to an aromatic ring is 1. The molecular weight excluding hydrogens is 506 g/mol. The average Bonchev–Trinajstić information content (AvgIpc) is 3.28. The van der Waals surface area contributed by atoms with Gasteiger partial charge in [0.05, 0.1) is 35.5 Å². The van der Waals surface area contributed by atoms with E-state index in [0.717, 1.165) is 18.7 Å². The predicted octanol–water partition coefficient (Wildman–Crippen LogP) is 5.28. The van der Waals surface area contributed by atoms with E-state index in [4.69, 9.17) is 20.7 Å². The van der Waals surface area contributed by atoms with E-state index in [-0.39, 0.29) is 11.5 Å². The lowest BCUT2D eigenvalue weighted by atomic mass is 9.98. The van der Waals surface area contributed by atoms with E-state index < -0.39 is 29.3 Å². The SMILES string of the molecule is NC(=O)N(c1ccc(-c2ccc(CN3CCOCC3)c3onc(N)c23)cc1)c1cc(C(F)(F)F)ccc1F. The standard InChI is InChI=1S/C26H23F4N5O3/c27-20-8-4-17(26(28,29)30)13-21(20)35(25(32)36)18-5-1-15(2-6-18)19-7-3-16(14-34-9-11-37-12-10-34)23-22(19)24(31)33-38-23/h1-8,13H,9-12,14H2,(H2,31,33)(H2,32,36). The number of fused-ring (bicyclic) bond motifs is 1. The first-order chi connectivity index (χ1) is 18.1. The minimum atomic E-state index is -4.73. The maximum Gasteiger partial charge on any atom is 0.416 e. The lowest BCUT2D eigenvalue weighted by molar-refractivity contribution is -0.137. The van der Waals surface area contributed by atoms with E-state index in [9.17, 15) is 22.4 Å². The number of primary amides is 1. The van der Waals surface area contributed by atoms with Gasteiger partial charge in [0.25, 0.3) is 0 Å². The second-order valence-electron chi connectivity index (χ2n) is 8.82. The number of hydrogen-bond acceptors (Lipinski definition) is 6. The summed E-state index contributed by atoms with van der Waals surface area (Å²) in [5.74, 6) is -0.830. The summed E-state index contributed by atoms with van der Waals surface area (Å²) in [6.07, 6.45) is -4.73. The Balaban J connectivity index is 1.50. The van der Waals surface area contributed by atoms with E-state index in [0.29, 0.717) is 65.0 Å². The largest absolute Gasteiger partial charge is 0.416 e. The van der Waals surface area contributed by atoms with E-state index in [1.807, 2.05) is 12.1 Å². The van der Waals surface area contributed by atoms with Crippen LogP contribution in [0.2, 0.25) is 0 Å². The summed E-state index contributed by atoms with van der Waals surface area (Å²) in [4.78, 5) is 15.1. The summed E-state index contributed by atoms with van der Waals surface area (Å²) in [5, 5.41) is 4.55. The summed E-state index contributed by atoms with van der Waals surface area (Å²) in [6.45, 7) is 3.51. The zero-order valence-electron chi connectivity index (χ0n) is 20.0. The molecule has 1 saturated heterocycles. The number of aromatic nitrogens is 1. The van der Waals surface area contributed by atoms with Crippen LogP contribution in [0.5, 0.6) is 0 Å². The Morgan fingerprint density at radius 2 is 1.76 bits per heavy atom. The molecule has 0 spiro atoms. The molecule has 1 fully saturated rings. The van der Waals surface area contributed by atoms with Crippen molar-refractivity contribution in [2.24, 2.45) is 5.73 Å². The molecule has 0 aliphatic carbocycles. The smallest absolute Gasteiger partial charge is 0.380 e. The van der Waals surface area contributed by atoms with Crippen molar-refractivity contribution >= 4 is 34.2 Å². The van der Waals surface area contributed by atoms with E-state index >= 15 is 0 Å². The van der Waals surface area contributed by atoms with Crippen LogP contribution in [-0.2, 0) is 17.5 Å². The zero-order valence-corrected chi connectivity index (χ0v) is 20.0. The van der Waals surface area contributed by atoms with Crippen molar-refractivity contribution in [1.82, 2.24) is 10.1 Å². The molecule has 38 heavy (non-hydrogen) atoms. The molecule has 8 nitrogen and oxygen atoms in total. The summed E-state index contributed by atoms with van der Waals surface area (Å²) >= 11 is 0. The first kappa shape index (κ1) is 25.5. The van der Waals surface area contributed by atoms with Gasteiger partial charge in [-0.2, -0.15) is 13.2 Å². The minimum Gasteiger partial charge on any atom is -0.380 e. The van der Waals surface area contributed by atoms with Crippen LogP contribution in [0, 0.1) is 5.82 Å². The fourth-order valence-electron chi connectivity index (χ4n) is 4.53. The molecule has 3 aromatic carbocycles. The van der Waals surface area contributed by atoms with Gasteiger partial charge >= 0.3 is 12.2 Å². The molecule has 1 aromatic heterocycles. The van der Waals surface area contributed by atoms with Crippen LogP contribution in [0.1, 0.15) is 11.1 Å². The van der Waals surface area contributed by atoms with Crippen LogP contribution in [0.25, 0.3) is 22.1 Å². The Labute approximate surface area is 214 Å². The van der Waals surface area contributed by atoms with Crippen LogP contribution in [-0.4, -0.2) is 42.4 Å². The number of morpholine rings is 1. The Morgan fingerprint density at radius 3 is 2.42 bits per heavy atom. The zero-order chi connectivity index (χ0) is 27.0. The molecule has 2 amide bonds. The number of nitrogens with two attached hydrogens (primary N) is 2. The van der Waals surface area contributed by atoms with Crippen molar-refractivity contribution in [3.05, 3.63) is 71.5 Å². The molecule has 0 unspecified atom stereocenters. The minimum absolute atomic E-state index is 0.0814. The molecule has 198 valence electrons. The van der Waals surface area contributed by atoms with Gasteiger partial charge in [-0.3, -0.25) is 9.80 Å². The topological polar surface area (TPSA) is 111 Å². The molecule has 0 saturated carbocycles. The summed E-state index contributed by atoms with van der Waals surface area (Å²) < 4.78 is 65.1. The number of ether oxygens (including phenoxy) is 1. The maximum absolute atomic E-state index is 14.5. The molecule has 0 radical (unpaired) electrons. The Morgan fingerprint density at radius 1 is 1.05 bits per heavy atom. The number of carbonyl (C=O) groups is 1. The van der Waals surface area contributed by atoms with E-state index in [1.54, 1.807) is 12.1 Å². The molecule has 4 aromatic rings. The number of carbonyl (C=O) groups excluding carboxylic acids is 1. The van der Waals surface area contributed by atoms with Crippen LogP contribution >= 0.6 is 0 Å². The molecule has 1 aliphatic heterocycles. The number of rotatable bonds is 5. The Hall–Kier alpha value is -4.16. The number of urea groups is 1. The summed E-state index contributed by atoms with van der Waals surface area (Å²) in [7, 11) is 0. The van der Waals surface area contributed by atoms with Crippen LogP contribution in [0.3, 0.4) is 0 Å². The number of halogens is 4. The van der Waals surface area contributed by atoms with Crippen molar-refractivity contribution < 1.29 is 31.6 Å². The third-order valence-corrected chi connectivity index (χ3v) is 6.40. The monoisotopic (exact) mass is 529 g/mol. The summed E-state index contributed by atoms with van der Waals surface area (Å²) in [5.41, 5.74) is 12.8. The van der Waals surface area contributed by atoms with Crippen molar-refractivity contribution in [2.75, 3.05) is 36.9 Å². The van der Waals surface area contributed by atoms with Gasteiger partial charge in [-0.15, -0.1) is 0 Å². The molecule has 0 bridgehead atoms. The van der Waals surface area contributed by atoms with Gasteiger partial charge in [0.15, 0.2) is 11.4 Å². The Kier molecular flexibility index (Phi) is 6.67. The van der Waals surface area contributed by atoms with Gasteiger partial charge in [0, 0.05) is 25.2 Å². The van der Waals surface area contributed by atoms with Crippen LogP contribution in [0.4, 0.5) is 39.5 Å². The number of nitrogens with zero attached hydrogens (tertiary/aromatic N) is 3. The average molecular weight is 529 g/mol. The lowest BCUT2D eigenvalue weighted by Crippen LogP contribution is -2.35. The quantitative estimate of drug-likeness (QED) is 0.340. The van der Waals surface area contributed by atoms with E-state index in [2.05, 4.69) is 10.1 Å². The molecule has 2 heterocycles. The van der Waals surface area contributed by atoms with Crippen molar-refractivity contribution in [3.63, 3.8) is 0 Å². The second kappa shape index (κ2) is 9.95. The van der Waals surface area contributed by atoms with E-state index in [1.165, 1.54) is 12.1 Å². The van der Waals surface area contributed by atoms with Gasteiger partial charge in [-0.25, -0.2) is 9.18 Å². The lowest BCUT2D eigenvalue weighted by Gasteiger charge is -2.26. The van der Waals surface area contributed by atoms with Gasteiger partial charge in [-0.05, 0) is 41.5 Å². The van der Waals surface area contributed by atoms with Crippen molar-refractivity contribution in [2.45, 2.75) is 12.7 Å². The molecule has 5 rings (SSSR count). The molecule has 12 heteroatoms. The normalized spacial score (nSPS) is 14.6. The first-order valence-corrected chi connectivity index (χ1v) is 11.7. The van der Waals surface area contributed by atoms with Crippen molar-refractivity contribution in [1.29, 1.82) is 0 Å². The summed E-state index contributed by atoms with van der Waals surface area (Å²) in [6, 6.07) is 10.6. The molecule has 1 aliphatic rings. The van der Waals surface area contributed by atoms with Gasteiger partial charge in [0.1, 0.15) is 5.82 Å². The molecule has 4 N–H and O–H groups in total. The number of amides is 2. The van der Waals surface area contributed by atoms with Crippen LogP contribution < -0.4 is 16.4 Å². The fourth-order valence-corrected chi connectivity index (χ4v) is 4.53. The maximum atomic E-state index is 14.5. The van der Waals surface area contributed by atoms with Gasteiger partial charge < -0.3 is 20.7 Å². The molecule has 0 atom stereocenters. The first-order valence-electron chi connectivity index (χ1n) is 11.7. The predicted molar refractivity (Wildman–Crippen MR) is 133 cm³/mol. The highest BCUT2D eigenvalue weighted by molar-refractivity contribution is 6.03. The number of benzene rings is 3. The Bertz CT molecular complexity index is 1480. The molecular formula is C26H23F4N5O3. The van der Waals surface area contributed by atoms with Crippen molar-refractivity contribution in [3.8, 4) is 11.1 Å². The highest BCUT2D eigenvalue weighted by Gasteiger charge is 2.32. The highest BCUT2D eigenvalue weighted by atomic mass is 19.4. The number of anilines is 3. The number of hydrogen-bond donors (Lipinski definition) is 2. The van der Waals surface area contributed by atoms with Gasteiger partial charge in [-0.1, -0.05) is 29.4 Å². The van der Waals surface area contributed by atoms with Gasteiger partial charge in [0.2, 0.25) is 0 Å². The number of alkyl halides is 3. The van der Waals surface area contributed by atoms with Crippen LogP contribution in [0.15, 0.2) is 59.1 Å². The third kappa shape index (κ3) is 4.87.